The number of hydrogen-bond donors (Lipinski definition) is 2. The van der Waals surface area contributed by atoms with Gasteiger partial charge in [0.2, 0.25) is 10.0 Å². The average molecular weight is 551 g/mol. The summed E-state index contributed by atoms with van der Waals surface area (Å²) in [4.78, 5) is 7.72. The number of sulfonamides is 1. The van der Waals surface area contributed by atoms with Gasteiger partial charge >= 0.3 is 6.18 Å². The number of anilines is 1. The fourth-order valence-corrected chi connectivity index (χ4v) is 6.02. The molecular weight excluding hydrogens is 521 g/mol. The second kappa shape index (κ2) is 11.0. The Morgan fingerprint density at radius 1 is 1.14 bits per heavy atom. The zero-order valence-corrected chi connectivity index (χ0v) is 21.5. The summed E-state index contributed by atoms with van der Waals surface area (Å²) in [5.41, 5.74) is -1.04. The first-order valence-corrected chi connectivity index (χ1v) is 14.7. The molecule has 1 saturated heterocycles. The summed E-state index contributed by atoms with van der Waals surface area (Å²) < 4.78 is 91.4. The lowest BCUT2D eigenvalue weighted by Gasteiger charge is -2.31. The van der Waals surface area contributed by atoms with Crippen LogP contribution in [0.25, 0.3) is 0 Å². The van der Waals surface area contributed by atoms with Crippen LogP contribution in [0.4, 0.5) is 18.9 Å². The molecule has 36 heavy (non-hydrogen) atoms. The summed E-state index contributed by atoms with van der Waals surface area (Å²) in [6.45, 7) is 1.97. The standard InChI is InChI=1S/C22H29F3N4O5S2/c1-3-15(14-30)11-26-19-5-4-17(22(23,24)25)10-20(19)36(33,34)29-8-6-16(7-9-29)21-27-12-18(13-28-21)35(2,31)32/h4-5,10,12-13,15-16,26,30H,3,6-9,11,14H2,1-2H3. The molecule has 200 valence electrons. The van der Waals surface area contributed by atoms with Gasteiger partial charge in [-0.25, -0.2) is 26.8 Å². The number of benzene rings is 1. The molecule has 9 nitrogen and oxygen atoms in total. The van der Waals surface area contributed by atoms with Gasteiger partial charge in [0, 0.05) is 50.8 Å². The Hall–Kier alpha value is -2.29. The summed E-state index contributed by atoms with van der Waals surface area (Å²) in [5.74, 6) is -0.0257. The number of nitrogens with one attached hydrogen (secondary N) is 1. The van der Waals surface area contributed by atoms with Crippen LogP contribution in [0.15, 0.2) is 40.4 Å². The smallest absolute Gasteiger partial charge is 0.396 e. The topological polar surface area (TPSA) is 130 Å². The molecule has 1 fully saturated rings. The summed E-state index contributed by atoms with van der Waals surface area (Å²) in [6.07, 6.45) is -0.0229. The molecular formula is C22H29F3N4O5S2. The average Bonchev–Trinajstić information content (AvgIpc) is 2.83. The van der Waals surface area contributed by atoms with Crippen molar-refractivity contribution >= 4 is 25.5 Å². The predicted molar refractivity (Wildman–Crippen MR) is 127 cm³/mol. The van der Waals surface area contributed by atoms with Crippen molar-refractivity contribution in [2.24, 2.45) is 5.92 Å². The van der Waals surface area contributed by atoms with Crippen LogP contribution in [0.5, 0.6) is 0 Å². The minimum Gasteiger partial charge on any atom is -0.396 e. The van der Waals surface area contributed by atoms with Crippen molar-refractivity contribution in [3.8, 4) is 0 Å². The van der Waals surface area contributed by atoms with Crippen molar-refractivity contribution in [3.05, 3.63) is 42.0 Å². The van der Waals surface area contributed by atoms with Crippen LogP contribution in [0.1, 0.15) is 43.5 Å². The van der Waals surface area contributed by atoms with Gasteiger partial charge in [-0.3, -0.25) is 0 Å². The third-order valence-corrected chi connectivity index (χ3v) is 9.24. The van der Waals surface area contributed by atoms with E-state index >= 15 is 0 Å². The lowest BCUT2D eigenvalue weighted by molar-refractivity contribution is -0.137. The van der Waals surface area contributed by atoms with E-state index in [2.05, 4.69) is 15.3 Å². The molecule has 0 amide bonds. The first kappa shape index (κ1) is 28.3. The van der Waals surface area contributed by atoms with E-state index < -0.39 is 36.5 Å². The van der Waals surface area contributed by atoms with E-state index in [-0.39, 0.29) is 48.7 Å². The number of aromatic nitrogens is 2. The molecule has 1 aliphatic heterocycles. The Labute approximate surface area is 208 Å². The van der Waals surface area contributed by atoms with Gasteiger partial charge in [-0.2, -0.15) is 17.5 Å². The quantitative estimate of drug-likeness (QED) is 0.488. The molecule has 0 aliphatic carbocycles. The van der Waals surface area contributed by atoms with E-state index in [1.807, 2.05) is 6.92 Å². The zero-order chi connectivity index (χ0) is 26.7. The number of alkyl halides is 3. The lowest BCUT2D eigenvalue weighted by Crippen LogP contribution is -2.38. The number of aliphatic hydroxyl groups is 1. The molecule has 2 N–H and O–H groups in total. The van der Waals surface area contributed by atoms with Crippen molar-refractivity contribution in [1.29, 1.82) is 0 Å². The predicted octanol–water partition coefficient (Wildman–Crippen LogP) is 2.90. The third-order valence-electron chi connectivity index (χ3n) is 6.24. The maximum Gasteiger partial charge on any atom is 0.416 e. The van der Waals surface area contributed by atoms with E-state index in [0.29, 0.717) is 31.2 Å². The third kappa shape index (κ3) is 6.52. The van der Waals surface area contributed by atoms with Gasteiger partial charge in [0.05, 0.1) is 11.3 Å². The monoisotopic (exact) mass is 550 g/mol. The highest BCUT2D eigenvalue weighted by molar-refractivity contribution is 7.90. The molecule has 1 atom stereocenters. The highest BCUT2D eigenvalue weighted by Gasteiger charge is 2.36. The number of sulfone groups is 1. The highest BCUT2D eigenvalue weighted by atomic mass is 32.2. The van der Waals surface area contributed by atoms with Crippen molar-refractivity contribution < 1.29 is 35.1 Å². The van der Waals surface area contributed by atoms with Gasteiger partial charge in [-0.1, -0.05) is 6.92 Å². The van der Waals surface area contributed by atoms with E-state index in [4.69, 9.17) is 0 Å². The zero-order valence-electron chi connectivity index (χ0n) is 19.9. The van der Waals surface area contributed by atoms with Crippen molar-refractivity contribution in [2.45, 2.75) is 48.1 Å². The number of nitrogens with zero attached hydrogens (tertiary/aromatic N) is 3. The fourth-order valence-electron chi connectivity index (χ4n) is 3.87. The minimum atomic E-state index is -4.72. The lowest BCUT2D eigenvalue weighted by atomic mass is 9.97. The van der Waals surface area contributed by atoms with Crippen LogP contribution in [0.2, 0.25) is 0 Å². The SMILES string of the molecule is CCC(CO)CNc1ccc(C(F)(F)F)cc1S(=O)(=O)N1CCC(c2ncc(S(C)(=O)=O)cn2)CC1. The molecule has 1 aromatic carbocycles. The molecule has 3 rings (SSSR count). The van der Waals surface area contributed by atoms with Gasteiger partial charge < -0.3 is 10.4 Å². The molecule has 0 spiro atoms. The summed E-state index contributed by atoms with van der Waals surface area (Å²) >= 11 is 0. The van der Waals surface area contributed by atoms with E-state index in [1.54, 1.807) is 0 Å². The van der Waals surface area contributed by atoms with E-state index in [9.17, 15) is 35.1 Å². The van der Waals surface area contributed by atoms with E-state index in [0.717, 1.165) is 22.7 Å². The number of hydrogen-bond acceptors (Lipinski definition) is 8. The van der Waals surface area contributed by atoms with Gasteiger partial charge in [-0.15, -0.1) is 0 Å². The first-order chi connectivity index (χ1) is 16.8. The maximum atomic E-state index is 13.4. The molecule has 1 unspecified atom stereocenters. The van der Waals surface area contributed by atoms with Crippen LogP contribution >= 0.6 is 0 Å². The summed E-state index contributed by atoms with van der Waals surface area (Å²) in [7, 11) is -7.73. The van der Waals surface area contributed by atoms with Crippen LogP contribution in [0.3, 0.4) is 0 Å². The van der Waals surface area contributed by atoms with Crippen LogP contribution in [-0.4, -0.2) is 68.7 Å². The van der Waals surface area contributed by atoms with Crippen LogP contribution < -0.4 is 5.32 Å². The Bertz CT molecular complexity index is 1260. The fraction of sp³-hybridized carbons (Fsp3) is 0.545. The number of piperidine rings is 1. The van der Waals surface area contributed by atoms with Gasteiger partial charge in [0.1, 0.15) is 15.6 Å². The Morgan fingerprint density at radius 3 is 2.25 bits per heavy atom. The normalized spacial score (nSPS) is 17.2. The van der Waals surface area contributed by atoms with Crippen LogP contribution in [0, 0.1) is 5.92 Å². The minimum absolute atomic E-state index is 0.0256. The Kier molecular flexibility index (Phi) is 8.63. The molecule has 2 aromatic rings. The molecule has 0 bridgehead atoms. The Morgan fingerprint density at radius 2 is 1.75 bits per heavy atom. The van der Waals surface area contributed by atoms with Crippen molar-refractivity contribution in [3.63, 3.8) is 0 Å². The maximum absolute atomic E-state index is 13.4. The second-order valence-corrected chi connectivity index (χ2v) is 12.7. The molecule has 2 heterocycles. The molecule has 14 heteroatoms. The van der Waals surface area contributed by atoms with Gasteiger partial charge in [0.15, 0.2) is 9.84 Å². The first-order valence-electron chi connectivity index (χ1n) is 11.4. The van der Waals surface area contributed by atoms with Crippen molar-refractivity contribution in [2.75, 3.05) is 37.8 Å². The number of rotatable bonds is 9. The number of halogens is 3. The van der Waals surface area contributed by atoms with Crippen LogP contribution in [-0.2, 0) is 26.0 Å². The Balaban J connectivity index is 1.83. The molecule has 1 aromatic heterocycles. The largest absolute Gasteiger partial charge is 0.416 e. The second-order valence-electron chi connectivity index (χ2n) is 8.77. The molecule has 1 aliphatic rings. The molecule has 0 radical (unpaired) electrons. The van der Waals surface area contributed by atoms with Crippen molar-refractivity contribution in [1.82, 2.24) is 14.3 Å². The van der Waals surface area contributed by atoms with E-state index in [1.165, 1.54) is 12.4 Å². The number of aliphatic hydroxyl groups excluding tert-OH is 1. The molecule has 0 saturated carbocycles. The highest BCUT2D eigenvalue weighted by Crippen LogP contribution is 2.36. The summed E-state index contributed by atoms with van der Waals surface area (Å²) in [5, 5.41) is 12.3. The van der Waals surface area contributed by atoms with Gasteiger partial charge in [-0.05, 0) is 43.4 Å². The van der Waals surface area contributed by atoms with Gasteiger partial charge in [0.25, 0.3) is 0 Å². The summed E-state index contributed by atoms with van der Waals surface area (Å²) in [6, 6.07) is 2.56.